The van der Waals surface area contributed by atoms with E-state index in [9.17, 15) is 0 Å². The second-order valence-corrected chi connectivity index (χ2v) is 5.92. The Labute approximate surface area is 125 Å². The molecule has 3 aromatic heterocycles. The van der Waals surface area contributed by atoms with E-state index < -0.39 is 0 Å². The van der Waals surface area contributed by atoms with Crippen LogP contribution in [0.25, 0.3) is 5.65 Å². The molecule has 0 atom stereocenters. The summed E-state index contributed by atoms with van der Waals surface area (Å²) in [6, 6.07) is 8.23. The molecule has 4 heteroatoms. The van der Waals surface area contributed by atoms with E-state index in [-0.39, 0.29) is 0 Å². The Hall–Kier alpha value is -2.07. The quantitative estimate of drug-likeness (QED) is 0.754. The fourth-order valence-electron chi connectivity index (χ4n) is 2.45. The van der Waals surface area contributed by atoms with Gasteiger partial charge in [0.2, 0.25) is 0 Å². The van der Waals surface area contributed by atoms with Crippen LogP contribution in [0.4, 0.5) is 0 Å². The van der Waals surface area contributed by atoms with Crippen molar-refractivity contribution in [2.75, 3.05) is 6.54 Å². The molecule has 0 unspecified atom stereocenters. The van der Waals surface area contributed by atoms with Gasteiger partial charge in [-0.3, -0.25) is 0 Å². The molecule has 0 radical (unpaired) electrons. The first-order valence-electron chi connectivity index (χ1n) is 7.49. The van der Waals surface area contributed by atoms with Crippen molar-refractivity contribution in [2.45, 2.75) is 26.9 Å². The molecule has 4 nitrogen and oxygen atoms in total. The summed E-state index contributed by atoms with van der Waals surface area (Å²) in [7, 11) is 0. The van der Waals surface area contributed by atoms with Gasteiger partial charge in [-0.15, -0.1) is 0 Å². The van der Waals surface area contributed by atoms with Crippen LogP contribution in [0.1, 0.15) is 25.1 Å². The van der Waals surface area contributed by atoms with Crippen molar-refractivity contribution >= 4 is 5.65 Å². The van der Waals surface area contributed by atoms with Crippen LogP contribution in [-0.2, 0) is 13.1 Å². The molecule has 0 aliphatic carbocycles. The lowest BCUT2D eigenvalue weighted by atomic mass is 10.2. The molecule has 0 saturated heterocycles. The number of pyridine rings is 1. The molecule has 0 fully saturated rings. The molecule has 0 aromatic carbocycles. The van der Waals surface area contributed by atoms with Gasteiger partial charge in [-0.25, -0.2) is 4.98 Å². The zero-order chi connectivity index (χ0) is 14.7. The van der Waals surface area contributed by atoms with Crippen molar-refractivity contribution in [2.24, 2.45) is 5.92 Å². The highest BCUT2D eigenvalue weighted by atomic mass is 15.0. The molecule has 1 N–H and O–H groups in total. The topological polar surface area (TPSA) is 34.3 Å². The summed E-state index contributed by atoms with van der Waals surface area (Å²) < 4.78 is 4.25. The molecule has 3 heterocycles. The maximum Gasteiger partial charge on any atom is 0.137 e. The summed E-state index contributed by atoms with van der Waals surface area (Å²) in [4.78, 5) is 4.63. The van der Waals surface area contributed by atoms with Crippen LogP contribution < -0.4 is 5.32 Å². The Morgan fingerprint density at radius 1 is 1.14 bits per heavy atom. The van der Waals surface area contributed by atoms with Gasteiger partial charge in [0.05, 0.1) is 12.2 Å². The average molecular weight is 282 g/mol. The molecule has 3 aromatic rings. The van der Waals surface area contributed by atoms with E-state index in [0.717, 1.165) is 31.0 Å². The molecule has 110 valence electrons. The highest BCUT2D eigenvalue weighted by molar-refractivity contribution is 5.39. The third-order valence-electron chi connectivity index (χ3n) is 3.45. The standard InChI is InChI=1S/C17H22N4/c1-14(2)9-18-10-15-6-8-20(11-15)12-16-13-21-7-4-3-5-17(21)19-16/h3-8,11,13-14,18H,9-10,12H2,1-2H3. The SMILES string of the molecule is CC(C)CNCc1ccn(Cc2cn3ccccc3n2)c1. The zero-order valence-corrected chi connectivity index (χ0v) is 12.7. The molecule has 3 rings (SSSR count). The summed E-state index contributed by atoms with van der Waals surface area (Å²) in [5, 5.41) is 3.47. The van der Waals surface area contributed by atoms with E-state index in [0.29, 0.717) is 5.92 Å². The van der Waals surface area contributed by atoms with Gasteiger partial charge in [0.1, 0.15) is 5.65 Å². The average Bonchev–Trinajstić information content (AvgIpc) is 3.04. The first kappa shape index (κ1) is 13.9. The van der Waals surface area contributed by atoms with Gasteiger partial charge < -0.3 is 14.3 Å². The second kappa shape index (κ2) is 6.14. The lowest BCUT2D eigenvalue weighted by Crippen LogP contribution is -2.18. The van der Waals surface area contributed by atoms with Gasteiger partial charge in [-0.1, -0.05) is 19.9 Å². The third kappa shape index (κ3) is 3.52. The highest BCUT2D eigenvalue weighted by Gasteiger charge is 2.03. The van der Waals surface area contributed by atoms with Crippen LogP contribution in [0, 0.1) is 5.92 Å². The predicted molar refractivity (Wildman–Crippen MR) is 85.3 cm³/mol. The molecular weight excluding hydrogens is 260 g/mol. The van der Waals surface area contributed by atoms with Gasteiger partial charge in [0.25, 0.3) is 0 Å². The van der Waals surface area contributed by atoms with Crippen molar-refractivity contribution in [1.29, 1.82) is 0 Å². The predicted octanol–water partition coefficient (Wildman–Crippen LogP) is 2.93. The van der Waals surface area contributed by atoms with Gasteiger partial charge >= 0.3 is 0 Å². The Morgan fingerprint density at radius 3 is 2.86 bits per heavy atom. The minimum atomic E-state index is 0.685. The molecule has 0 aliphatic rings. The Kier molecular flexibility index (Phi) is 4.06. The lowest BCUT2D eigenvalue weighted by Gasteiger charge is -2.05. The first-order valence-corrected chi connectivity index (χ1v) is 7.49. The molecule has 0 saturated carbocycles. The van der Waals surface area contributed by atoms with Crippen molar-refractivity contribution < 1.29 is 0 Å². The summed E-state index contributed by atoms with van der Waals surface area (Å²) in [5.41, 5.74) is 3.40. The van der Waals surface area contributed by atoms with Crippen LogP contribution in [0.5, 0.6) is 0 Å². The summed E-state index contributed by atoms with van der Waals surface area (Å²) in [6.45, 7) is 7.24. The number of rotatable bonds is 6. The number of imidazole rings is 1. The van der Waals surface area contributed by atoms with Crippen LogP contribution in [0.3, 0.4) is 0 Å². The second-order valence-electron chi connectivity index (χ2n) is 5.92. The van der Waals surface area contributed by atoms with Crippen molar-refractivity contribution in [3.8, 4) is 0 Å². The van der Waals surface area contributed by atoms with E-state index in [1.54, 1.807) is 0 Å². The van der Waals surface area contributed by atoms with Gasteiger partial charge in [0.15, 0.2) is 0 Å². The number of hydrogen-bond acceptors (Lipinski definition) is 2. The number of aromatic nitrogens is 3. The lowest BCUT2D eigenvalue weighted by molar-refractivity contribution is 0.552. The number of nitrogens with one attached hydrogen (secondary N) is 1. The number of nitrogens with zero attached hydrogens (tertiary/aromatic N) is 3. The highest BCUT2D eigenvalue weighted by Crippen LogP contribution is 2.08. The molecule has 0 aliphatic heterocycles. The first-order chi connectivity index (χ1) is 10.2. The largest absolute Gasteiger partial charge is 0.348 e. The number of fused-ring (bicyclic) bond motifs is 1. The van der Waals surface area contributed by atoms with Crippen molar-refractivity contribution in [3.63, 3.8) is 0 Å². The minimum absolute atomic E-state index is 0.685. The van der Waals surface area contributed by atoms with E-state index >= 15 is 0 Å². The molecule has 0 bridgehead atoms. The Bertz CT molecular complexity index is 675. The minimum Gasteiger partial charge on any atom is -0.348 e. The summed E-state index contributed by atoms with van der Waals surface area (Å²) >= 11 is 0. The molecule has 21 heavy (non-hydrogen) atoms. The third-order valence-corrected chi connectivity index (χ3v) is 3.45. The Morgan fingerprint density at radius 2 is 2.05 bits per heavy atom. The van der Waals surface area contributed by atoms with Crippen LogP contribution in [0.2, 0.25) is 0 Å². The van der Waals surface area contributed by atoms with E-state index in [1.165, 1.54) is 5.56 Å². The fourth-order valence-corrected chi connectivity index (χ4v) is 2.45. The van der Waals surface area contributed by atoms with E-state index in [4.69, 9.17) is 0 Å². The molecule has 0 amide bonds. The van der Waals surface area contributed by atoms with Gasteiger partial charge in [-0.2, -0.15) is 0 Å². The summed E-state index contributed by atoms with van der Waals surface area (Å²) in [6.07, 6.45) is 8.43. The maximum atomic E-state index is 4.63. The molecular formula is C17H22N4. The summed E-state index contributed by atoms with van der Waals surface area (Å²) in [5.74, 6) is 0.685. The van der Waals surface area contributed by atoms with Crippen molar-refractivity contribution in [1.82, 2.24) is 19.3 Å². The maximum absolute atomic E-state index is 4.63. The smallest absolute Gasteiger partial charge is 0.137 e. The van der Waals surface area contributed by atoms with Gasteiger partial charge in [0, 0.05) is 31.3 Å². The van der Waals surface area contributed by atoms with E-state index in [2.05, 4.69) is 57.8 Å². The zero-order valence-electron chi connectivity index (χ0n) is 12.7. The Balaban J connectivity index is 1.63. The fraction of sp³-hybridized carbons (Fsp3) is 0.353. The van der Waals surface area contributed by atoms with Gasteiger partial charge in [-0.05, 0) is 36.2 Å². The van der Waals surface area contributed by atoms with E-state index in [1.807, 2.05) is 24.4 Å². The van der Waals surface area contributed by atoms with Crippen LogP contribution in [0.15, 0.2) is 49.1 Å². The van der Waals surface area contributed by atoms with Crippen LogP contribution >= 0.6 is 0 Å². The van der Waals surface area contributed by atoms with Crippen LogP contribution in [-0.4, -0.2) is 20.5 Å². The number of hydrogen-bond donors (Lipinski definition) is 1. The van der Waals surface area contributed by atoms with Crippen molar-refractivity contribution in [3.05, 3.63) is 60.3 Å². The molecule has 0 spiro atoms. The normalized spacial score (nSPS) is 11.6. The monoisotopic (exact) mass is 282 g/mol.